The normalized spacial score (nSPS) is 11.9. The number of aliphatic imine (C=N–C) groups is 1. The molecule has 10 heteroatoms. The molecule has 0 saturated carbocycles. The Morgan fingerprint density at radius 1 is 1.22 bits per heavy atom. The number of esters is 1. The zero-order valence-electron chi connectivity index (χ0n) is 19.5. The maximum Gasteiger partial charge on any atom is 0.350 e. The van der Waals surface area contributed by atoms with Crippen LogP contribution in [-0.4, -0.2) is 50.8 Å². The second kappa shape index (κ2) is 14.1. The van der Waals surface area contributed by atoms with Gasteiger partial charge in [0, 0.05) is 13.1 Å². The number of hydrogen-bond donors (Lipinski definition) is 2. The topological polar surface area (TPSA) is 94.1 Å². The number of aryl methyl sites for hydroxylation is 1. The van der Waals surface area contributed by atoms with Crippen LogP contribution in [0.5, 0.6) is 11.5 Å². The highest BCUT2D eigenvalue weighted by Gasteiger charge is 2.20. The SMILES string of the molecule is CCNC(=NCCc1ccc(OC)c(OC)c1)NC(C)c1nc(C)c(C(=O)OCC)s1.I. The average molecular weight is 577 g/mol. The van der Waals surface area contributed by atoms with Gasteiger partial charge in [0.2, 0.25) is 0 Å². The Morgan fingerprint density at radius 3 is 2.56 bits per heavy atom. The van der Waals surface area contributed by atoms with Gasteiger partial charge in [-0.15, -0.1) is 35.3 Å². The molecule has 8 nitrogen and oxygen atoms in total. The number of methoxy groups -OCH3 is 2. The summed E-state index contributed by atoms with van der Waals surface area (Å²) in [4.78, 5) is 21.8. The first kappa shape index (κ1) is 28.0. The number of hydrogen-bond acceptors (Lipinski definition) is 7. The van der Waals surface area contributed by atoms with Crippen molar-refractivity contribution in [3.8, 4) is 11.5 Å². The van der Waals surface area contributed by atoms with Gasteiger partial charge in [0.25, 0.3) is 0 Å². The zero-order valence-corrected chi connectivity index (χ0v) is 22.6. The number of ether oxygens (including phenoxy) is 3. The van der Waals surface area contributed by atoms with Crippen molar-refractivity contribution < 1.29 is 19.0 Å². The molecule has 1 heterocycles. The van der Waals surface area contributed by atoms with Crippen molar-refractivity contribution in [3.05, 3.63) is 39.3 Å². The number of carbonyl (C=O) groups is 1. The minimum atomic E-state index is -0.327. The summed E-state index contributed by atoms with van der Waals surface area (Å²) in [5.41, 5.74) is 1.79. The van der Waals surface area contributed by atoms with E-state index in [1.54, 1.807) is 21.1 Å². The molecular weight excluding hydrogens is 543 g/mol. The molecule has 32 heavy (non-hydrogen) atoms. The van der Waals surface area contributed by atoms with Gasteiger partial charge < -0.3 is 24.8 Å². The fourth-order valence-electron chi connectivity index (χ4n) is 2.91. The molecule has 0 fully saturated rings. The van der Waals surface area contributed by atoms with E-state index in [4.69, 9.17) is 14.2 Å². The van der Waals surface area contributed by atoms with Crippen LogP contribution in [0.15, 0.2) is 23.2 Å². The second-order valence-corrected chi connectivity index (χ2v) is 7.78. The van der Waals surface area contributed by atoms with E-state index in [0.717, 1.165) is 23.5 Å². The molecule has 0 spiro atoms. The van der Waals surface area contributed by atoms with E-state index in [0.29, 0.717) is 41.2 Å². The third-order valence-corrected chi connectivity index (χ3v) is 5.78. The highest BCUT2D eigenvalue weighted by Crippen LogP contribution is 2.28. The van der Waals surface area contributed by atoms with Crippen molar-refractivity contribution in [2.45, 2.75) is 40.2 Å². The Balaban J connectivity index is 0.00000512. The largest absolute Gasteiger partial charge is 0.493 e. The monoisotopic (exact) mass is 576 g/mol. The summed E-state index contributed by atoms with van der Waals surface area (Å²) in [5, 5.41) is 7.43. The quantitative estimate of drug-likeness (QED) is 0.190. The lowest BCUT2D eigenvalue weighted by Gasteiger charge is -2.16. The summed E-state index contributed by atoms with van der Waals surface area (Å²) < 4.78 is 15.8. The first-order chi connectivity index (χ1) is 14.9. The number of carbonyl (C=O) groups excluding carboxylic acids is 1. The van der Waals surface area contributed by atoms with Crippen molar-refractivity contribution >= 4 is 47.2 Å². The van der Waals surface area contributed by atoms with Crippen LogP contribution in [0.1, 0.15) is 52.7 Å². The lowest BCUT2D eigenvalue weighted by atomic mass is 10.1. The van der Waals surface area contributed by atoms with Gasteiger partial charge in [-0.05, 0) is 51.8 Å². The van der Waals surface area contributed by atoms with Crippen LogP contribution >= 0.6 is 35.3 Å². The molecule has 0 aliphatic carbocycles. The van der Waals surface area contributed by atoms with E-state index < -0.39 is 0 Å². The average Bonchev–Trinajstić information content (AvgIpc) is 3.15. The molecule has 1 atom stereocenters. The summed E-state index contributed by atoms with van der Waals surface area (Å²) in [5.74, 6) is 1.78. The molecule has 2 rings (SSSR count). The minimum absolute atomic E-state index is 0. The van der Waals surface area contributed by atoms with Crippen molar-refractivity contribution in [1.82, 2.24) is 15.6 Å². The van der Waals surface area contributed by atoms with Gasteiger partial charge in [0.15, 0.2) is 17.5 Å². The first-order valence-corrected chi connectivity index (χ1v) is 11.1. The van der Waals surface area contributed by atoms with Crippen LogP contribution in [0.25, 0.3) is 0 Å². The number of nitrogens with zero attached hydrogens (tertiary/aromatic N) is 2. The molecule has 2 aromatic rings. The number of rotatable bonds is 10. The lowest BCUT2D eigenvalue weighted by Crippen LogP contribution is -2.38. The van der Waals surface area contributed by atoms with E-state index >= 15 is 0 Å². The molecule has 178 valence electrons. The summed E-state index contributed by atoms with van der Waals surface area (Å²) in [6.45, 7) is 9.30. The Bertz CT molecular complexity index is 904. The van der Waals surface area contributed by atoms with E-state index in [9.17, 15) is 4.79 Å². The predicted octanol–water partition coefficient (Wildman–Crippen LogP) is 4.12. The number of halogens is 1. The highest BCUT2D eigenvalue weighted by atomic mass is 127. The van der Waals surface area contributed by atoms with E-state index in [1.807, 2.05) is 39.0 Å². The smallest absolute Gasteiger partial charge is 0.350 e. The second-order valence-electron chi connectivity index (χ2n) is 6.75. The summed E-state index contributed by atoms with van der Waals surface area (Å²) in [6.07, 6.45) is 0.759. The molecule has 1 aromatic carbocycles. The van der Waals surface area contributed by atoms with Crippen molar-refractivity contribution in [1.29, 1.82) is 0 Å². The van der Waals surface area contributed by atoms with Gasteiger partial charge >= 0.3 is 5.97 Å². The van der Waals surface area contributed by atoms with Crippen molar-refractivity contribution in [2.24, 2.45) is 4.99 Å². The molecule has 0 saturated heterocycles. The van der Waals surface area contributed by atoms with Gasteiger partial charge in [0.1, 0.15) is 9.88 Å². The van der Waals surface area contributed by atoms with E-state index in [1.165, 1.54) is 11.3 Å². The molecular formula is C22H33IN4O4S. The van der Waals surface area contributed by atoms with Crippen LogP contribution in [0.4, 0.5) is 0 Å². The lowest BCUT2D eigenvalue weighted by molar-refractivity contribution is 0.0531. The van der Waals surface area contributed by atoms with Crippen LogP contribution in [0.2, 0.25) is 0 Å². The van der Waals surface area contributed by atoms with Crippen LogP contribution in [-0.2, 0) is 11.2 Å². The molecule has 0 aliphatic rings. The Morgan fingerprint density at radius 2 is 1.94 bits per heavy atom. The van der Waals surface area contributed by atoms with Gasteiger partial charge in [-0.25, -0.2) is 9.78 Å². The predicted molar refractivity (Wildman–Crippen MR) is 139 cm³/mol. The highest BCUT2D eigenvalue weighted by molar-refractivity contribution is 14.0. The molecule has 1 unspecified atom stereocenters. The maximum absolute atomic E-state index is 12.1. The summed E-state index contributed by atoms with van der Waals surface area (Å²) in [7, 11) is 3.25. The van der Waals surface area contributed by atoms with Crippen LogP contribution in [0, 0.1) is 6.92 Å². The zero-order chi connectivity index (χ0) is 22.8. The third-order valence-electron chi connectivity index (χ3n) is 4.46. The standard InChI is InChI=1S/C22H32N4O4S.HI/c1-7-23-22(24-12-11-16-9-10-17(28-5)18(13-16)29-6)26-15(4)20-25-14(3)19(31-20)21(27)30-8-2;/h9-10,13,15H,7-8,11-12H2,1-6H3,(H2,23,24,26);1H. The van der Waals surface area contributed by atoms with Crippen LogP contribution < -0.4 is 20.1 Å². The summed E-state index contributed by atoms with van der Waals surface area (Å²) >= 11 is 1.35. The van der Waals surface area contributed by atoms with Gasteiger partial charge in [-0.2, -0.15) is 0 Å². The summed E-state index contributed by atoms with van der Waals surface area (Å²) in [6, 6.07) is 5.77. The number of benzene rings is 1. The fraction of sp³-hybridized carbons (Fsp3) is 0.500. The van der Waals surface area contributed by atoms with Gasteiger partial charge in [0.05, 0.1) is 32.6 Å². The van der Waals surface area contributed by atoms with Gasteiger partial charge in [-0.3, -0.25) is 4.99 Å². The molecule has 0 radical (unpaired) electrons. The number of aromatic nitrogens is 1. The Kier molecular flexibility index (Phi) is 12.4. The minimum Gasteiger partial charge on any atom is -0.493 e. The van der Waals surface area contributed by atoms with Crippen LogP contribution in [0.3, 0.4) is 0 Å². The van der Waals surface area contributed by atoms with Gasteiger partial charge in [-0.1, -0.05) is 6.07 Å². The molecule has 0 aliphatic heterocycles. The number of thiazole rings is 1. The molecule has 0 bridgehead atoms. The molecule has 2 N–H and O–H groups in total. The number of guanidine groups is 1. The van der Waals surface area contributed by atoms with Crippen molar-refractivity contribution in [2.75, 3.05) is 33.9 Å². The van der Waals surface area contributed by atoms with E-state index in [-0.39, 0.29) is 36.0 Å². The van der Waals surface area contributed by atoms with Crippen molar-refractivity contribution in [3.63, 3.8) is 0 Å². The Labute approximate surface area is 211 Å². The fourth-order valence-corrected chi connectivity index (χ4v) is 3.87. The third kappa shape index (κ3) is 7.80. The first-order valence-electron chi connectivity index (χ1n) is 10.3. The maximum atomic E-state index is 12.1. The molecule has 0 amide bonds. The Hall–Kier alpha value is -2.08. The number of nitrogens with one attached hydrogen (secondary N) is 2. The molecule has 1 aromatic heterocycles. The van der Waals surface area contributed by atoms with E-state index in [2.05, 4.69) is 20.6 Å².